The molecule has 0 saturated carbocycles. The molecule has 0 amide bonds. The summed E-state index contributed by atoms with van der Waals surface area (Å²) in [5.41, 5.74) is 5.09. The van der Waals surface area contributed by atoms with Crippen molar-refractivity contribution >= 4 is 17.6 Å². The predicted molar refractivity (Wildman–Crippen MR) is 145 cm³/mol. The lowest BCUT2D eigenvalue weighted by atomic mass is 9.87. The largest absolute Gasteiger partial charge is 0.482 e. The molecule has 1 saturated heterocycles. The van der Waals surface area contributed by atoms with Crippen molar-refractivity contribution < 1.29 is 14.6 Å². The molecule has 0 spiro atoms. The van der Waals surface area contributed by atoms with Crippen LogP contribution in [0.5, 0.6) is 5.75 Å². The smallest absolute Gasteiger partial charge is 0.341 e. The first-order valence-corrected chi connectivity index (χ1v) is 12.8. The standard InChI is InChI=1S/C30H35ClN2O3/c1-30(2,3)25-11-7-22(8-12-25)20-32-15-17-33(18-16-32)29(23-9-13-26(31)14-10-23)24-5-4-6-27(19-24)36-21-28(34)35/h4-14,19,29H,15-18,20-21H2,1-3H3,(H,34,35). The van der Waals surface area contributed by atoms with Crippen LogP contribution in [0.2, 0.25) is 5.02 Å². The van der Waals surface area contributed by atoms with Crippen molar-refractivity contribution in [1.29, 1.82) is 0 Å². The van der Waals surface area contributed by atoms with Crippen LogP contribution < -0.4 is 4.74 Å². The van der Waals surface area contributed by atoms with Crippen molar-refractivity contribution in [2.24, 2.45) is 0 Å². The number of carbonyl (C=O) groups is 1. The molecule has 1 N–H and O–H groups in total. The molecule has 1 aliphatic rings. The summed E-state index contributed by atoms with van der Waals surface area (Å²) in [6, 6.07) is 24.8. The van der Waals surface area contributed by atoms with Crippen molar-refractivity contribution in [1.82, 2.24) is 9.80 Å². The lowest BCUT2D eigenvalue weighted by molar-refractivity contribution is -0.139. The van der Waals surface area contributed by atoms with Crippen molar-refractivity contribution in [3.05, 3.63) is 100 Å². The maximum absolute atomic E-state index is 11.0. The second-order valence-corrected chi connectivity index (χ2v) is 10.9. The predicted octanol–water partition coefficient (Wildman–Crippen LogP) is 6.01. The van der Waals surface area contributed by atoms with Crippen LogP contribution in [0, 0.1) is 0 Å². The van der Waals surface area contributed by atoms with Crippen molar-refractivity contribution in [2.75, 3.05) is 32.8 Å². The number of carboxylic acid groups (broad SMARTS) is 1. The number of aliphatic carboxylic acids is 1. The zero-order chi connectivity index (χ0) is 25.7. The molecule has 0 bridgehead atoms. The van der Waals surface area contributed by atoms with Crippen molar-refractivity contribution in [3.63, 3.8) is 0 Å². The highest BCUT2D eigenvalue weighted by Gasteiger charge is 2.27. The van der Waals surface area contributed by atoms with E-state index in [0.29, 0.717) is 10.8 Å². The molecule has 1 atom stereocenters. The third-order valence-corrected chi connectivity index (χ3v) is 6.97. The molecule has 190 valence electrons. The van der Waals surface area contributed by atoms with E-state index < -0.39 is 5.97 Å². The van der Waals surface area contributed by atoms with Gasteiger partial charge in [0, 0.05) is 37.7 Å². The van der Waals surface area contributed by atoms with E-state index in [4.69, 9.17) is 21.4 Å². The van der Waals surface area contributed by atoms with Crippen LogP contribution in [0.15, 0.2) is 72.8 Å². The van der Waals surface area contributed by atoms with E-state index in [9.17, 15) is 4.79 Å². The van der Waals surface area contributed by atoms with Gasteiger partial charge in [0.15, 0.2) is 6.61 Å². The molecular formula is C30H35ClN2O3. The molecule has 1 heterocycles. The van der Waals surface area contributed by atoms with Gasteiger partial charge >= 0.3 is 5.97 Å². The van der Waals surface area contributed by atoms with Gasteiger partial charge < -0.3 is 9.84 Å². The zero-order valence-corrected chi connectivity index (χ0v) is 22.0. The van der Waals surface area contributed by atoms with E-state index in [1.54, 1.807) is 6.07 Å². The third-order valence-electron chi connectivity index (χ3n) is 6.72. The van der Waals surface area contributed by atoms with Crippen LogP contribution in [-0.4, -0.2) is 53.7 Å². The Hall–Kier alpha value is -2.86. The van der Waals surface area contributed by atoms with Gasteiger partial charge in [0.1, 0.15) is 5.75 Å². The van der Waals surface area contributed by atoms with Gasteiger partial charge in [-0.05, 0) is 51.9 Å². The van der Waals surface area contributed by atoms with Crippen LogP contribution in [0.25, 0.3) is 0 Å². The van der Waals surface area contributed by atoms with Gasteiger partial charge in [-0.2, -0.15) is 0 Å². The number of piperazine rings is 1. The number of benzene rings is 3. The fraction of sp³-hybridized carbons (Fsp3) is 0.367. The number of hydrogen-bond donors (Lipinski definition) is 1. The lowest BCUT2D eigenvalue weighted by Gasteiger charge is -2.40. The average Bonchev–Trinajstić information content (AvgIpc) is 2.85. The summed E-state index contributed by atoms with van der Waals surface area (Å²) >= 11 is 6.18. The van der Waals surface area contributed by atoms with Crippen LogP contribution in [-0.2, 0) is 16.8 Å². The molecule has 3 aromatic rings. The highest BCUT2D eigenvalue weighted by molar-refractivity contribution is 6.30. The monoisotopic (exact) mass is 506 g/mol. The minimum absolute atomic E-state index is 0.0314. The third kappa shape index (κ3) is 6.88. The first kappa shape index (κ1) is 26.2. The van der Waals surface area contributed by atoms with Gasteiger partial charge in [0.2, 0.25) is 0 Å². The Morgan fingerprint density at radius 3 is 2.22 bits per heavy atom. The Morgan fingerprint density at radius 1 is 0.944 bits per heavy atom. The van der Waals surface area contributed by atoms with Crippen molar-refractivity contribution in [2.45, 2.75) is 38.8 Å². The highest BCUT2D eigenvalue weighted by Crippen LogP contribution is 2.32. The summed E-state index contributed by atoms with van der Waals surface area (Å²) in [5, 5.41) is 9.70. The Bertz CT molecular complexity index is 1150. The topological polar surface area (TPSA) is 53.0 Å². The molecule has 0 aliphatic carbocycles. The van der Waals surface area contributed by atoms with E-state index in [0.717, 1.165) is 43.9 Å². The molecule has 1 aliphatic heterocycles. The Balaban J connectivity index is 1.48. The van der Waals surface area contributed by atoms with E-state index in [1.165, 1.54) is 11.1 Å². The lowest BCUT2D eigenvalue weighted by Crippen LogP contribution is -2.47. The van der Waals surface area contributed by atoms with Gasteiger partial charge in [-0.3, -0.25) is 9.80 Å². The molecule has 1 fully saturated rings. The Morgan fingerprint density at radius 2 is 1.61 bits per heavy atom. The summed E-state index contributed by atoms with van der Waals surface area (Å²) < 4.78 is 5.47. The van der Waals surface area contributed by atoms with Crippen LogP contribution in [0.3, 0.4) is 0 Å². The molecule has 1 unspecified atom stereocenters. The van der Waals surface area contributed by atoms with Gasteiger partial charge in [-0.15, -0.1) is 0 Å². The SMILES string of the molecule is CC(C)(C)c1ccc(CN2CCN(C(c3ccc(Cl)cc3)c3cccc(OCC(=O)O)c3)CC2)cc1. The molecule has 0 aromatic heterocycles. The number of carboxylic acids is 1. The second-order valence-electron chi connectivity index (χ2n) is 10.5. The fourth-order valence-electron chi connectivity index (χ4n) is 4.73. The molecule has 3 aromatic carbocycles. The Kier molecular flexibility index (Phi) is 8.35. The highest BCUT2D eigenvalue weighted by atomic mass is 35.5. The van der Waals surface area contributed by atoms with Gasteiger partial charge in [-0.1, -0.05) is 80.9 Å². The quantitative estimate of drug-likeness (QED) is 0.405. The molecule has 6 heteroatoms. The summed E-state index contributed by atoms with van der Waals surface area (Å²) in [6.07, 6.45) is 0. The normalized spacial score (nSPS) is 16.0. The maximum atomic E-state index is 11.0. The number of rotatable bonds is 8. The van der Waals surface area contributed by atoms with E-state index in [-0.39, 0.29) is 18.1 Å². The first-order valence-electron chi connectivity index (χ1n) is 12.4. The van der Waals surface area contributed by atoms with E-state index >= 15 is 0 Å². The number of nitrogens with zero attached hydrogens (tertiary/aromatic N) is 2. The van der Waals surface area contributed by atoms with E-state index in [1.807, 2.05) is 24.3 Å². The van der Waals surface area contributed by atoms with Gasteiger partial charge in [-0.25, -0.2) is 4.79 Å². The summed E-state index contributed by atoms with van der Waals surface area (Å²) in [5.74, 6) is -0.426. The maximum Gasteiger partial charge on any atom is 0.341 e. The Labute approximate surface area is 219 Å². The minimum atomic E-state index is -0.987. The molecular weight excluding hydrogens is 472 g/mol. The second kappa shape index (κ2) is 11.5. The minimum Gasteiger partial charge on any atom is -0.482 e. The van der Waals surface area contributed by atoms with Crippen LogP contribution in [0.4, 0.5) is 0 Å². The molecule has 36 heavy (non-hydrogen) atoms. The summed E-state index contributed by atoms with van der Waals surface area (Å²) in [6.45, 7) is 11.1. The van der Waals surface area contributed by atoms with Crippen LogP contribution >= 0.6 is 11.6 Å². The summed E-state index contributed by atoms with van der Waals surface area (Å²) in [7, 11) is 0. The van der Waals surface area contributed by atoms with E-state index in [2.05, 4.69) is 73.0 Å². The first-order chi connectivity index (χ1) is 17.2. The molecule has 0 radical (unpaired) electrons. The molecule has 4 rings (SSSR count). The summed E-state index contributed by atoms with van der Waals surface area (Å²) in [4.78, 5) is 16.0. The van der Waals surface area contributed by atoms with Crippen molar-refractivity contribution in [3.8, 4) is 5.75 Å². The number of halogens is 1. The molecule has 5 nitrogen and oxygen atoms in total. The number of hydrogen-bond acceptors (Lipinski definition) is 4. The number of ether oxygens (including phenoxy) is 1. The van der Waals surface area contributed by atoms with Gasteiger partial charge in [0.25, 0.3) is 0 Å². The van der Waals surface area contributed by atoms with Crippen LogP contribution in [0.1, 0.15) is 49.1 Å². The fourth-order valence-corrected chi connectivity index (χ4v) is 4.85. The van der Waals surface area contributed by atoms with Gasteiger partial charge in [0.05, 0.1) is 6.04 Å². The average molecular weight is 507 g/mol. The zero-order valence-electron chi connectivity index (χ0n) is 21.3.